The Balaban J connectivity index is 1.72. The van der Waals surface area contributed by atoms with Crippen LogP contribution in [0.15, 0.2) is 54.6 Å². The maximum atomic E-state index is 12.9. The Labute approximate surface area is 164 Å². The predicted molar refractivity (Wildman–Crippen MR) is 110 cm³/mol. The number of hydrogen-bond acceptors (Lipinski definition) is 2. The quantitative estimate of drug-likeness (QED) is 0.756. The molecular weight excluding hydrogens is 360 g/mol. The molecule has 0 bridgehead atoms. The lowest BCUT2D eigenvalue weighted by molar-refractivity contribution is -0.111. The van der Waals surface area contributed by atoms with Gasteiger partial charge in [-0.05, 0) is 42.7 Å². The molecule has 0 saturated carbocycles. The molecule has 140 valence electrons. The SMILES string of the molecule is O=C(/C=C/c1ccccc1Cl)Nc1ccccc1C(=O)N1CCCCCC1. The smallest absolute Gasteiger partial charge is 0.255 e. The Morgan fingerprint density at radius 2 is 1.59 bits per heavy atom. The third kappa shape index (κ3) is 5.20. The van der Waals surface area contributed by atoms with E-state index in [1.54, 1.807) is 24.3 Å². The fraction of sp³-hybridized carbons (Fsp3) is 0.273. The number of likely N-dealkylation sites (tertiary alicyclic amines) is 1. The summed E-state index contributed by atoms with van der Waals surface area (Å²) in [6.07, 6.45) is 7.47. The van der Waals surface area contributed by atoms with Crippen molar-refractivity contribution in [3.05, 3.63) is 70.8 Å². The van der Waals surface area contributed by atoms with Gasteiger partial charge in [0.05, 0.1) is 11.3 Å². The van der Waals surface area contributed by atoms with Crippen molar-refractivity contribution in [2.45, 2.75) is 25.7 Å². The molecule has 3 rings (SSSR count). The molecule has 1 fully saturated rings. The van der Waals surface area contributed by atoms with E-state index in [2.05, 4.69) is 5.32 Å². The molecule has 0 atom stereocenters. The lowest BCUT2D eigenvalue weighted by Crippen LogP contribution is -2.32. The minimum Gasteiger partial charge on any atom is -0.339 e. The molecule has 2 aromatic rings. The van der Waals surface area contributed by atoms with E-state index in [0.29, 0.717) is 16.3 Å². The normalized spacial score (nSPS) is 14.8. The van der Waals surface area contributed by atoms with Crippen molar-refractivity contribution in [2.24, 2.45) is 0 Å². The fourth-order valence-corrected chi connectivity index (χ4v) is 3.37. The van der Waals surface area contributed by atoms with Gasteiger partial charge in [0.1, 0.15) is 0 Å². The van der Waals surface area contributed by atoms with Crippen molar-refractivity contribution < 1.29 is 9.59 Å². The molecule has 2 aromatic carbocycles. The van der Waals surface area contributed by atoms with E-state index >= 15 is 0 Å². The maximum absolute atomic E-state index is 12.9. The van der Waals surface area contributed by atoms with Crippen molar-refractivity contribution in [2.75, 3.05) is 18.4 Å². The molecule has 0 spiro atoms. The number of carbonyl (C=O) groups is 2. The summed E-state index contributed by atoms with van der Waals surface area (Å²) in [7, 11) is 0. The van der Waals surface area contributed by atoms with Crippen molar-refractivity contribution >= 4 is 35.2 Å². The second-order valence-corrected chi connectivity index (χ2v) is 7.00. The Morgan fingerprint density at radius 3 is 2.33 bits per heavy atom. The molecular formula is C22H23ClN2O2. The molecule has 0 aliphatic carbocycles. The van der Waals surface area contributed by atoms with E-state index in [-0.39, 0.29) is 11.8 Å². The number of carbonyl (C=O) groups excluding carboxylic acids is 2. The van der Waals surface area contributed by atoms with E-state index in [1.165, 1.54) is 6.08 Å². The number of nitrogens with zero attached hydrogens (tertiary/aromatic N) is 1. The van der Waals surface area contributed by atoms with Crippen LogP contribution < -0.4 is 5.32 Å². The van der Waals surface area contributed by atoms with Gasteiger partial charge in [-0.15, -0.1) is 0 Å². The summed E-state index contributed by atoms with van der Waals surface area (Å²) >= 11 is 6.10. The van der Waals surface area contributed by atoms with Crippen LogP contribution in [0.2, 0.25) is 5.02 Å². The highest BCUT2D eigenvalue weighted by Crippen LogP contribution is 2.20. The summed E-state index contributed by atoms with van der Waals surface area (Å²) in [6.45, 7) is 1.54. The second-order valence-electron chi connectivity index (χ2n) is 6.60. The average Bonchev–Trinajstić information content (AvgIpc) is 2.97. The first-order chi connectivity index (χ1) is 13.1. The highest BCUT2D eigenvalue weighted by atomic mass is 35.5. The van der Waals surface area contributed by atoms with Gasteiger partial charge in [-0.1, -0.05) is 54.8 Å². The Hall–Kier alpha value is -2.59. The van der Waals surface area contributed by atoms with Crippen molar-refractivity contribution in [1.82, 2.24) is 4.90 Å². The molecule has 1 aliphatic heterocycles. The minimum atomic E-state index is -0.300. The van der Waals surface area contributed by atoms with Crippen LogP contribution in [0.25, 0.3) is 6.08 Å². The van der Waals surface area contributed by atoms with Crippen LogP contribution in [0.3, 0.4) is 0 Å². The monoisotopic (exact) mass is 382 g/mol. The van der Waals surface area contributed by atoms with Crippen LogP contribution in [0.4, 0.5) is 5.69 Å². The van der Waals surface area contributed by atoms with Crippen molar-refractivity contribution in [1.29, 1.82) is 0 Å². The van der Waals surface area contributed by atoms with Crippen LogP contribution in [0.5, 0.6) is 0 Å². The van der Waals surface area contributed by atoms with Gasteiger partial charge in [-0.25, -0.2) is 0 Å². The number of anilines is 1. The van der Waals surface area contributed by atoms with E-state index in [1.807, 2.05) is 35.2 Å². The zero-order valence-corrected chi connectivity index (χ0v) is 15.9. The standard InChI is InChI=1S/C22H23ClN2O2/c23-19-11-5-3-9-17(19)13-14-21(26)24-20-12-6-4-10-18(20)22(27)25-15-7-1-2-8-16-25/h3-6,9-14H,1-2,7-8,15-16H2,(H,24,26)/b14-13+. The summed E-state index contributed by atoms with van der Waals surface area (Å²) in [4.78, 5) is 27.1. The van der Waals surface area contributed by atoms with E-state index in [0.717, 1.165) is 44.3 Å². The largest absolute Gasteiger partial charge is 0.339 e. The van der Waals surface area contributed by atoms with Gasteiger partial charge < -0.3 is 10.2 Å². The van der Waals surface area contributed by atoms with Gasteiger partial charge in [0.15, 0.2) is 0 Å². The summed E-state index contributed by atoms with van der Waals surface area (Å²) in [5.74, 6) is -0.325. The topological polar surface area (TPSA) is 49.4 Å². The third-order valence-corrected chi connectivity index (χ3v) is 4.97. The number of benzene rings is 2. The van der Waals surface area contributed by atoms with Gasteiger partial charge >= 0.3 is 0 Å². The Kier molecular flexibility index (Phi) is 6.66. The van der Waals surface area contributed by atoms with Gasteiger partial charge in [-0.3, -0.25) is 9.59 Å². The number of para-hydroxylation sites is 1. The zero-order valence-electron chi connectivity index (χ0n) is 15.2. The van der Waals surface area contributed by atoms with E-state index in [9.17, 15) is 9.59 Å². The van der Waals surface area contributed by atoms with Crippen molar-refractivity contribution in [3.8, 4) is 0 Å². The first kappa shape index (κ1) is 19.2. The first-order valence-electron chi connectivity index (χ1n) is 9.27. The summed E-state index contributed by atoms with van der Waals surface area (Å²) in [5.41, 5.74) is 1.82. The van der Waals surface area contributed by atoms with E-state index in [4.69, 9.17) is 11.6 Å². The molecule has 4 nitrogen and oxygen atoms in total. The van der Waals surface area contributed by atoms with Crippen LogP contribution in [0.1, 0.15) is 41.6 Å². The van der Waals surface area contributed by atoms with Crippen LogP contribution >= 0.6 is 11.6 Å². The predicted octanol–water partition coefficient (Wildman–Crippen LogP) is 5.01. The molecule has 0 unspecified atom stereocenters. The van der Waals surface area contributed by atoms with Gasteiger partial charge in [0.25, 0.3) is 5.91 Å². The molecule has 2 amide bonds. The summed E-state index contributed by atoms with van der Waals surface area (Å²) in [5, 5.41) is 3.40. The average molecular weight is 383 g/mol. The molecule has 5 heteroatoms. The Bertz CT molecular complexity index is 840. The molecule has 1 saturated heterocycles. The van der Waals surface area contributed by atoms with Crippen LogP contribution in [-0.4, -0.2) is 29.8 Å². The Morgan fingerprint density at radius 1 is 0.926 bits per heavy atom. The fourth-order valence-electron chi connectivity index (χ4n) is 3.17. The number of hydrogen-bond donors (Lipinski definition) is 1. The lowest BCUT2D eigenvalue weighted by atomic mass is 10.1. The van der Waals surface area contributed by atoms with Crippen LogP contribution in [-0.2, 0) is 4.79 Å². The molecule has 1 heterocycles. The zero-order chi connectivity index (χ0) is 19.1. The number of nitrogens with one attached hydrogen (secondary N) is 1. The molecule has 1 N–H and O–H groups in total. The number of rotatable bonds is 4. The molecule has 1 aliphatic rings. The molecule has 27 heavy (non-hydrogen) atoms. The lowest BCUT2D eigenvalue weighted by Gasteiger charge is -2.21. The second kappa shape index (κ2) is 9.38. The highest BCUT2D eigenvalue weighted by Gasteiger charge is 2.20. The van der Waals surface area contributed by atoms with E-state index < -0.39 is 0 Å². The highest BCUT2D eigenvalue weighted by molar-refractivity contribution is 6.32. The van der Waals surface area contributed by atoms with Crippen LogP contribution in [0, 0.1) is 0 Å². The summed E-state index contributed by atoms with van der Waals surface area (Å²) < 4.78 is 0. The maximum Gasteiger partial charge on any atom is 0.255 e. The van der Waals surface area contributed by atoms with Gasteiger partial charge in [0, 0.05) is 24.2 Å². The molecule has 0 radical (unpaired) electrons. The molecule has 0 aromatic heterocycles. The minimum absolute atomic E-state index is 0.0251. The third-order valence-electron chi connectivity index (χ3n) is 4.63. The van der Waals surface area contributed by atoms with Gasteiger partial charge in [-0.2, -0.15) is 0 Å². The van der Waals surface area contributed by atoms with Gasteiger partial charge in [0.2, 0.25) is 5.91 Å². The van der Waals surface area contributed by atoms with Crippen molar-refractivity contribution in [3.63, 3.8) is 0 Å². The first-order valence-corrected chi connectivity index (χ1v) is 9.65. The number of amides is 2. The summed E-state index contributed by atoms with van der Waals surface area (Å²) in [6, 6.07) is 14.5. The number of halogens is 1.